The summed E-state index contributed by atoms with van der Waals surface area (Å²) in [5.74, 6) is -0.633. The molecule has 2 atom stereocenters. The Balaban J connectivity index is 1.58. The molecular formula is C29H24BrF2O4P. The molecule has 37 heavy (non-hydrogen) atoms. The lowest BCUT2D eigenvalue weighted by atomic mass is 9.85. The van der Waals surface area contributed by atoms with Gasteiger partial charge in [-0.15, -0.1) is 0 Å². The van der Waals surface area contributed by atoms with Gasteiger partial charge < -0.3 is 4.89 Å². The fourth-order valence-corrected chi connectivity index (χ4v) is 5.80. The molecular weight excluding hydrogens is 561 g/mol. The average Bonchev–Trinajstić information content (AvgIpc) is 2.91. The first-order chi connectivity index (χ1) is 17.7. The van der Waals surface area contributed by atoms with Crippen LogP contribution in [0.4, 0.5) is 8.78 Å². The summed E-state index contributed by atoms with van der Waals surface area (Å²) >= 11 is 3.15. The number of hydrogen-bond donors (Lipinski definition) is 1. The van der Waals surface area contributed by atoms with Crippen LogP contribution in [0, 0.1) is 0 Å². The van der Waals surface area contributed by atoms with Gasteiger partial charge in [-0.3, -0.25) is 13.9 Å². The Morgan fingerprint density at radius 3 is 2.03 bits per heavy atom. The molecule has 1 N–H and O–H groups in total. The van der Waals surface area contributed by atoms with Gasteiger partial charge in [0.1, 0.15) is 0 Å². The Kier molecular flexibility index (Phi) is 8.50. The van der Waals surface area contributed by atoms with Gasteiger partial charge in [0, 0.05) is 15.6 Å². The molecule has 4 nitrogen and oxygen atoms in total. The van der Waals surface area contributed by atoms with Crippen molar-refractivity contribution in [3.05, 3.63) is 141 Å². The number of ketones is 1. The quantitative estimate of drug-likeness (QED) is 0.151. The zero-order chi connectivity index (χ0) is 26.5. The number of carbonyl (C=O) groups is 1. The number of hydrogen-bond acceptors (Lipinski definition) is 3. The summed E-state index contributed by atoms with van der Waals surface area (Å²) in [6.45, 7) is -0.430. The summed E-state index contributed by atoms with van der Waals surface area (Å²) in [6.07, 6.45) is 0.253. The summed E-state index contributed by atoms with van der Waals surface area (Å²) in [7, 11) is -5.37. The Labute approximate surface area is 222 Å². The second-order valence-corrected chi connectivity index (χ2v) is 11.2. The molecule has 4 aromatic rings. The van der Waals surface area contributed by atoms with E-state index in [4.69, 9.17) is 4.52 Å². The number of benzene rings is 4. The summed E-state index contributed by atoms with van der Waals surface area (Å²) < 4.78 is 47.7. The van der Waals surface area contributed by atoms with Crippen molar-refractivity contribution in [2.75, 3.05) is 0 Å². The van der Waals surface area contributed by atoms with Crippen molar-refractivity contribution >= 4 is 29.3 Å². The Morgan fingerprint density at radius 1 is 0.865 bits per heavy atom. The predicted molar refractivity (Wildman–Crippen MR) is 143 cm³/mol. The number of rotatable bonds is 10. The van der Waals surface area contributed by atoms with E-state index in [0.29, 0.717) is 16.7 Å². The van der Waals surface area contributed by atoms with Crippen LogP contribution >= 0.6 is 23.5 Å². The van der Waals surface area contributed by atoms with Crippen LogP contribution in [0.2, 0.25) is 0 Å². The maximum atomic E-state index is 15.2. The van der Waals surface area contributed by atoms with E-state index in [1.165, 1.54) is 12.1 Å². The molecule has 0 saturated carbocycles. The molecule has 0 aliphatic heterocycles. The third kappa shape index (κ3) is 6.31. The normalized spacial score (nSPS) is 14.1. The standard InChI is InChI=1S/C29H24BrF2O4P/c30-27-19-22(18-25(23-12-6-2-7-13-23)28(33)24-14-8-3-9-15-24)16-17-26(27)29(31,32)37(34,35)36-20-21-10-4-1-5-11-21/h1-17,19,25H,18,20H2,(H,34,35). The third-order valence-electron chi connectivity index (χ3n) is 5.98. The van der Waals surface area contributed by atoms with E-state index in [0.717, 1.165) is 11.6 Å². The molecule has 0 aromatic heterocycles. The molecule has 0 radical (unpaired) electrons. The van der Waals surface area contributed by atoms with Crippen LogP contribution < -0.4 is 0 Å². The first-order valence-corrected chi connectivity index (χ1v) is 13.9. The van der Waals surface area contributed by atoms with Crippen LogP contribution in [-0.4, -0.2) is 10.7 Å². The Bertz CT molecular complexity index is 1400. The van der Waals surface area contributed by atoms with Gasteiger partial charge in [0.2, 0.25) is 0 Å². The van der Waals surface area contributed by atoms with E-state index < -0.39 is 31.3 Å². The summed E-state index contributed by atoms with van der Waals surface area (Å²) in [6, 6.07) is 30.5. The van der Waals surface area contributed by atoms with E-state index in [-0.39, 0.29) is 16.7 Å². The molecule has 0 fully saturated rings. The SMILES string of the molecule is O=C(c1ccccc1)C(Cc1ccc(C(F)(F)P(=O)(O)OCc2ccccc2)c(Br)c1)c1ccccc1. The minimum Gasteiger partial charge on any atom is -0.320 e. The van der Waals surface area contributed by atoms with Crippen molar-refractivity contribution < 1.29 is 27.6 Å². The number of Topliss-reactive ketones (excluding diaryl/α,β-unsaturated/α-hetero) is 1. The van der Waals surface area contributed by atoms with E-state index in [1.807, 2.05) is 36.4 Å². The predicted octanol–water partition coefficient (Wildman–Crippen LogP) is 8.11. The van der Waals surface area contributed by atoms with Crippen molar-refractivity contribution in [2.45, 2.75) is 24.6 Å². The summed E-state index contributed by atoms with van der Waals surface area (Å²) in [5.41, 5.74) is -2.36. The lowest BCUT2D eigenvalue weighted by Crippen LogP contribution is -2.18. The zero-order valence-electron chi connectivity index (χ0n) is 19.6. The van der Waals surface area contributed by atoms with Crippen molar-refractivity contribution in [3.63, 3.8) is 0 Å². The Morgan fingerprint density at radius 2 is 1.43 bits per heavy atom. The second-order valence-electron chi connectivity index (χ2n) is 8.53. The van der Waals surface area contributed by atoms with Gasteiger partial charge >= 0.3 is 13.3 Å². The van der Waals surface area contributed by atoms with Crippen LogP contribution in [0.5, 0.6) is 0 Å². The van der Waals surface area contributed by atoms with Gasteiger partial charge in [-0.2, -0.15) is 8.78 Å². The molecule has 0 heterocycles. The van der Waals surface area contributed by atoms with Gasteiger partial charge in [-0.05, 0) is 29.2 Å². The minimum atomic E-state index is -5.37. The monoisotopic (exact) mass is 584 g/mol. The topological polar surface area (TPSA) is 63.6 Å². The van der Waals surface area contributed by atoms with Crippen LogP contribution in [0.25, 0.3) is 0 Å². The molecule has 0 aliphatic carbocycles. The molecule has 0 aliphatic rings. The molecule has 4 rings (SSSR count). The molecule has 0 amide bonds. The van der Waals surface area contributed by atoms with E-state index >= 15 is 8.78 Å². The molecule has 4 aromatic carbocycles. The van der Waals surface area contributed by atoms with Gasteiger partial charge in [0.05, 0.1) is 12.5 Å². The maximum Gasteiger partial charge on any atom is 0.402 e. The summed E-state index contributed by atoms with van der Waals surface area (Å²) in [4.78, 5) is 23.5. The molecule has 190 valence electrons. The van der Waals surface area contributed by atoms with Gasteiger partial charge in [0.15, 0.2) is 5.78 Å². The highest BCUT2D eigenvalue weighted by Crippen LogP contribution is 2.64. The Hall–Kier alpha value is -2.96. The molecule has 8 heteroatoms. The minimum absolute atomic E-state index is 0.0495. The van der Waals surface area contributed by atoms with Crippen molar-refractivity contribution in [1.29, 1.82) is 0 Å². The highest BCUT2D eigenvalue weighted by molar-refractivity contribution is 9.10. The fraction of sp³-hybridized carbons (Fsp3) is 0.138. The van der Waals surface area contributed by atoms with Gasteiger partial charge in [-0.1, -0.05) is 119 Å². The van der Waals surface area contributed by atoms with Gasteiger partial charge in [-0.25, -0.2) is 0 Å². The van der Waals surface area contributed by atoms with E-state index in [1.54, 1.807) is 54.6 Å². The van der Waals surface area contributed by atoms with Crippen molar-refractivity contribution in [3.8, 4) is 0 Å². The largest absolute Gasteiger partial charge is 0.402 e. The van der Waals surface area contributed by atoms with Gasteiger partial charge in [0.25, 0.3) is 0 Å². The van der Waals surface area contributed by atoms with Crippen LogP contribution in [0.1, 0.15) is 38.5 Å². The average molecular weight is 585 g/mol. The molecule has 0 bridgehead atoms. The van der Waals surface area contributed by atoms with E-state index in [9.17, 15) is 14.3 Å². The fourth-order valence-electron chi connectivity index (χ4n) is 3.99. The second kappa shape index (κ2) is 11.6. The first kappa shape index (κ1) is 27.1. The highest BCUT2D eigenvalue weighted by Gasteiger charge is 2.53. The van der Waals surface area contributed by atoms with E-state index in [2.05, 4.69) is 15.9 Å². The summed E-state index contributed by atoms with van der Waals surface area (Å²) in [5, 5.41) is 0. The molecule has 0 saturated heterocycles. The van der Waals surface area contributed by atoms with Crippen molar-refractivity contribution in [1.82, 2.24) is 0 Å². The lowest BCUT2D eigenvalue weighted by molar-refractivity contribution is 0.0428. The smallest absolute Gasteiger partial charge is 0.320 e. The highest BCUT2D eigenvalue weighted by atomic mass is 79.9. The number of halogens is 3. The van der Waals surface area contributed by atoms with Crippen LogP contribution in [-0.2, 0) is 27.8 Å². The zero-order valence-corrected chi connectivity index (χ0v) is 22.1. The van der Waals surface area contributed by atoms with Crippen molar-refractivity contribution in [2.24, 2.45) is 0 Å². The van der Waals surface area contributed by atoms with Crippen LogP contribution in [0.15, 0.2) is 114 Å². The molecule has 0 spiro atoms. The maximum absolute atomic E-state index is 15.2. The molecule has 2 unspecified atom stereocenters. The number of alkyl halides is 2. The third-order valence-corrected chi connectivity index (χ3v) is 8.06. The lowest BCUT2D eigenvalue weighted by Gasteiger charge is -2.24. The van der Waals surface area contributed by atoms with Crippen LogP contribution in [0.3, 0.4) is 0 Å². The number of carbonyl (C=O) groups excluding carboxylic acids is 1. The first-order valence-electron chi connectivity index (χ1n) is 11.5.